The number of rotatable bonds is 8. The lowest BCUT2D eigenvalue weighted by Gasteiger charge is -2.13. The van der Waals surface area contributed by atoms with Crippen molar-refractivity contribution >= 4 is 11.7 Å². The van der Waals surface area contributed by atoms with E-state index in [-0.39, 0.29) is 5.97 Å². The van der Waals surface area contributed by atoms with Crippen LogP contribution in [0.4, 0.5) is 0 Å². The second-order valence-electron chi connectivity index (χ2n) is 6.22. The van der Waals surface area contributed by atoms with Crippen LogP contribution in [-0.4, -0.2) is 50.4 Å². The minimum atomic E-state index is -0.575. The van der Waals surface area contributed by atoms with Gasteiger partial charge in [0.05, 0.1) is 12.8 Å². The molecule has 2 rings (SSSR count). The predicted octanol–water partition coefficient (Wildman–Crippen LogP) is 3.57. The van der Waals surface area contributed by atoms with E-state index in [2.05, 4.69) is 4.90 Å². The molecule has 0 bridgehead atoms. The van der Waals surface area contributed by atoms with Crippen LogP contribution in [0.2, 0.25) is 0 Å². The second-order valence-corrected chi connectivity index (χ2v) is 6.22. The van der Waals surface area contributed by atoms with Crippen molar-refractivity contribution in [3.63, 3.8) is 0 Å². The van der Waals surface area contributed by atoms with Crippen LogP contribution in [0.5, 0.6) is 0 Å². The Balaban J connectivity index is 2.36. The van der Waals surface area contributed by atoms with Gasteiger partial charge in [-0.3, -0.25) is 4.99 Å². The number of hydrogen-bond donors (Lipinski definition) is 0. The van der Waals surface area contributed by atoms with Gasteiger partial charge in [-0.1, -0.05) is 72.8 Å². The topological polar surface area (TPSA) is 41.9 Å². The standard InChI is InChI=1S/C22H26N2O2/c1-24(2)17-11-10-16-20(22(25)26-3)23-21(18-12-6-4-7-13-18)19-14-8-5-9-15-19/h4-15,20H,16-17H2,1-3H3/b11-10+. The number of nitrogens with zero attached hydrogens (tertiary/aromatic N) is 2. The van der Waals surface area contributed by atoms with Crippen molar-refractivity contribution < 1.29 is 9.53 Å². The number of hydrogen-bond acceptors (Lipinski definition) is 4. The van der Waals surface area contributed by atoms with Crippen molar-refractivity contribution in [3.8, 4) is 0 Å². The minimum Gasteiger partial charge on any atom is -0.467 e. The number of esters is 1. The van der Waals surface area contributed by atoms with E-state index in [1.807, 2.05) is 86.9 Å². The fraction of sp³-hybridized carbons (Fsp3) is 0.273. The Morgan fingerprint density at radius 2 is 1.54 bits per heavy atom. The Labute approximate surface area is 155 Å². The molecule has 4 heteroatoms. The molecule has 2 aromatic carbocycles. The number of carbonyl (C=O) groups excluding carboxylic acids is 1. The minimum absolute atomic E-state index is 0.330. The van der Waals surface area contributed by atoms with Crippen molar-refractivity contribution in [1.82, 2.24) is 4.90 Å². The Kier molecular flexibility index (Phi) is 7.77. The quantitative estimate of drug-likeness (QED) is 0.415. The molecular formula is C22H26N2O2. The van der Waals surface area contributed by atoms with Crippen LogP contribution >= 0.6 is 0 Å². The first-order chi connectivity index (χ1) is 12.6. The fourth-order valence-corrected chi connectivity index (χ4v) is 2.51. The van der Waals surface area contributed by atoms with Crippen molar-refractivity contribution in [2.75, 3.05) is 27.7 Å². The molecule has 0 radical (unpaired) electrons. The van der Waals surface area contributed by atoms with Crippen molar-refractivity contribution in [2.24, 2.45) is 4.99 Å². The summed E-state index contributed by atoms with van der Waals surface area (Å²) in [7, 11) is 5.41. The maximum atomic E-state index is 12.3. The second kappa shape index (κ2) is 10.3. The first-order valence-corrected chi connectivity index (χ1v) is 8.68. The van der Waals surface area contributed by atoms with E-state index in [1.54, 1.807) is 0 Å². The summed E-state index contributed by atoms with van der Waals surface area (Å²) in [5.41, 5.74) is 2.75. The zero-order chi connectivity index (χ0) is 18.8. The SMILES string of the molecule is COC(=O)C(C/C=C/CN(C)C)N=C(c1ccccc1)c1ccccc1. The van der Waals surface area contributed by atoms with Crippen molar-refractivity contribution in [1.29, 1.82) is 0 Å². The summed E-state index contributed by atoms with van der Waals surface area (Å²) >= 11 is 0. The summed E-state index contributed by atoms with van der Waals surface area (Å²) in [6, 6.07) is 19.2. The van der Waals surface area contributed by atoms with Crippen LogP contribution in [0.1, 0.15) is 17.5 Å². The molecule has 0 aliphatic heterocycles. The number of carbonyl (C=O) groups is 1. The van der Waals surface area contributed by atoms with Crippen LogP contribution in [0.15, 0.2) is 77.8 Å². The van der Waals surface area contributed by atoms with Crippen LogP contribution in [-0.2, 0) is 9.53 Å². The molecule has 0 aromatic heterocycles. The van der Waals surface area contributed by atoms with E-state index in [9.17, 15) is 4.79 Å². The molecular weight excluding hydrogens is 324 g/mol. The van der Waals surface area contributed by atoms with Crippen LogP contribution in [0.3, 0.4) is 0 Å². The van der Waals surface area contributed by atoms with Gasteiger partial charge in [0.25, 0.3) is 0 Å². The molecule has 136 valence electrons. The van der Waals surface area contributed by atoms with Gasteiger partial charge in [-0.05, 0) is 20.5 Å². The van der Waals surface area contributed by atoms with Crippen LogP contribution < -0.4 is 0 Å². The molecule has 0 amide bonds. The van der Waals surface area contributed by atoms with Gasteiger partial charge in [0.2, 0.25) is 0 Å². The normalized spacial score (nSPS) is 12.2. The lowest BCUT2D eigenvalue weighted by Crippen LogP contribution is -2.22. The molecule has 0 N–H and O–H groups in total. The average molecular weight is 350 g/mol. The van der Waals surface area contributed by atoms with Gasteiger partial charge in [-0.25, -0.2) is 4.79 Å². The van der Waals surface area contributed by atoms with Gasteiger partial charge in [0.15, 0.2) is 6.04 Å². The van der Waals surface area contributed by atoms with Gasteiger partial charge >= 0.3 is 5.97 Å². The van der Waals surface area contributed by atoms with Gasteiger partial charge in [0, 0.05) is 17.7 Å². The summed E-state index contributed by atoms with van der Waals surface area (Å²) in [6.45, 7) is 0.821. The Morgan fingerprint density at radius 3 is 2.00 bits per heavy atom. The fourth-order valence-electron chi connectivity index (χ4n) is 2.51. The molecule has 0 heterocycles. The molecule has 0 saturated heterocycles. The van der Waals surface area contributed by atoms with E-state index in [4.69, 9.17) is 9.73 Å². The highest BCUT2D eigenvalue weighted by Crippen LogP contribution is 2.14. The lowest BCUT2D eigenvalue weighted by molar-refractivity contribution is -0.141. The maximum absolute atomic E-state index is 12.3. The van der Waals surface area contributed by atoms with E-state index in [1.165, 1.54) is 7.11 Å². The number of likely N-dealkylation sites (N-methyl/N-ethyl adjacent to an activating group) is 1. The van der Waals surface area contributed by atoms with Gasteiger partial charge in [-0.2, -0.15) is 0 Å². The molecule has 0 fully saturated rings. The number of aliphatic imine (C=N–C) groups is 1. The monoisotopic (exact) mass is 350 g/mol. The first-order valence-electron chi connectivity index (χ1n) is 8.68. The highest BCUT2D eigenvalue weighted by Gasteiger charge is 2.19. The molecule has 0 saturated carbocycles. The lowest BCUT2D eigenvalue weighted by atomic mass is 10.0. The molecule has 0 spiro atoms. The predicted molar refractivity (Wildman–Crippen MR) is 107 cm³/mol. The molecule has 2 aromatic rings. The first kappa shape index (κ1) is 19.6. The zero-order valence-corrected chi connectivity index (χ0v) is 15.6. The molecule has 1 atom stereocenters. The van der Waals surface area contributed by atoms with E-state index >= 15 is 0 Å². The van der Waals surface area contributed by atoms with Crippen LogP contribution in [0.25, 0.3) is 0 Å². The van der Waals surface area contributed by atoms with E-state index in [0.29, 0.717) is 6.42 Å². The van der Waals surface area contributed by atoms with Crippen molar-refractivity contribution in [2.45, 2.75) is 12.5 Å². The van der Waals surface area contributed by atoms with Gasteiger partial charge < -0.3 is 9.64 Å². The highest BCUT2D eigenvalue weighted by molar-refractivity contribution is 6.13. The highest BCUT2D eigenvalue weighted by atomic mass is 16.5. The van der Waals surface area contributed by atoms with Crippen molar-refractivity contribution in [3.05, 3.63) is 83.9 Å². The van der Waals surface area contributed by atoms with Gasteiger partial charge in [0.1, 0.15) is 0 Å². The third-order valence-corrected chi connectivity index (χ3v) is 3.85. The van der Waals surface area contributed by atoms with Gasteiger partial charge in [-0.15, -0.1) is 0 Å². The third kappa shape index (κ3) is 5.97. The summed E-state index contributed by atoms with van der Waals surface area (Å²) in [5.74, 6) is -0.330. The zero-order valence-electron chi connectivity index (χ0n) is 15.6. The number of methoxy groups -OCH3 is 1. The Hall–Kier alpha value is -2.72. The molecule has 26 heavy (non-hydrogen) atoms. The summed E-state index contributed by atoms with van der Waals surface area (Å²) in [4.78, 5) is 19.1. The largest absolute Gasteiger partial charge is 0.467 e. The maximum Gasteiger partial charge on any atom is 0.330 e. The molecule has 4 nitrogen and oxygen atoms in total. The smallest absolute Gasteiger partial charge is 0.330 e. The average Bonchev–Trinajstić information content (AvgIpc) is 2.68. The molecule has 0 aliphatic carbocycles. The Morgan fingerprint density at radius 1 is 1.00 bits per heavy atom. The number of benzene rings is 2. The van der Waals surface area contributed by atoms with E-state index < -0.39 is 6.04 Å². The summed E-state index contributed by atoms with van der Waals surface area (Å²) < 4.78 is 4.97. The molecule has 1 unspecified atom stereocenters. The summed E-state index contributed by atoms with van der Waals surface area (Å²) in [5, 5.41) is 0. The van der Waals surface area contributed by atoms with E-state index in [0.717, 1.165) is 23.4 Å². The van der Waals surface area contributed by atoms with Crippen LogP contribution in [0, 0.1) is 0 Å². The number of ether oxygens (including phenoxy) is 1. The molecule has 0 aliphatic rings. The third-order valence-electron chi connectivity index (χ3n) is 3.85. The Bertz CT molecular complexity index is 696. The summed E-state index contributed by atoms with van der Waals surface area (Å²) in [6.07, 6.45) is 4.53.